The average molecular weight is 501 g/mol. The molecule has 0 saturated heterocycles. The number of carboxylic acids is 1. The van der Waals surface area contributed by atoms with Gasteiger partial charge in [0.05, 0.1) is 6.04 Å². The molecule has 11 heteroatoms. The van der Waals surface area contributed by atoms with Crippen LogP contribution in [0.1, 0.15) is 24.8 Å². The molecule has 1 heterocycles. The first kappa shape index (κ1) is 26.3. The zero-order valence-corrected chi connectivity index (χ0v) is 19.5. The van der Waals surface area contributed by atoms with Crippen molar-refractivity contribution in [2.24, 2.45) is 0 Å². The molecule has 0 radical (unpaired) electrons. The van der Waals surface area contributed by atoms with E-state index in [9.17, 15) is 23.2 Å². The highest BCUT2D eigenvalue weighted by atomic mass is 19.2. The van der Waals surface area contributed by atoms with E-state index in [0.717, 1.165) is 16.8 Å². The van der Waals surface area contributed by atoms with Gasteiger partial charge in [0.2, 0.25) is 0 Å². The van der Waals surface area contributed by atoms with E-state index in [1.807, 2.05) is 24.3 Å². The van der Waals surface area contributed by atoms with Crippen LogP contribution in [0.15, 0.2) is 54.7 Å². The standard InChI is InChI=1S/C25H26F2N4O5/c1-31(24(34)29-14-18-8-4-10-20(26)23(18)27)19(9-5-11-22(32)33)15-36-25(35)30-21-12-16-6-2-3-7-17(16)13-28-21/h2-4,6-8,10,12-13,19H,5,9,11,14-15H2,1H3,(H,29,34)(H,32,33)(H,28,30,35)/t19-/m0/s1. The average Bonchev–Trinajstić information content (AvgIpc) is 2.86. The number of anilines is 1. The molecule has 1 atom stereocenters. The number of carboxylic acid groups (broad SMARTS) is 1. The van der Waals surface area contributed by atoms with Crippen LogP contribution in [0.2, 0.25) is 0 Å². The maximum atomic E-state index is 13.9. The number of rotatable bonds is 10. The van der Waals surface area contributed by atoms with Gasteiger partial charge in [-0.25, -0.2) is 23.4 Å². The summed E-state index contributed by atoms with van der Waals surface area (Å²) in [5.41, 5.74) is -0.0299. The Bertz CT molecular complexity index is 1240. The molecule has 0 aliphatic rings. The van der Waals surface area contributed by atoms with E-state index >= 15 is 0 Å². The molecular formula is C25H26F2N4O5. The van der Waals surface area contributed by atoms with Crippen molar-refractivity contribution in [3.8, 4) is 0 Å². The van der Waals surface area contributed by atoms with E-state index in [2.05, 4.69) is 15.6 Å². The van der Waals surface area contributed by atoms with Crippen LogP contribution in [0.4, 0.5) is 24.2 Å². The van der Waals surface area contributed by atoms with Gasteiger partial charge in [0.1, 0.15) is 12.4 Å². The third kappa shape index (κ3) is 7.36. The van der Waals surface area contributed by atoms with Crippen molar-refractivity contribution < 1.29 is 33.0 Å². The van der Waals surface area contributed by atoms with Crippen molar-refractivity contribution in [2.45, 2.75) is 31.8 Å². The van der Waals surface area contributed by atoms with Gasteiger partial charge in [-0.1, -0.05) is 36.4 Å². The van der Waals surface area contributed by atoms with Crippen molar-refractivity contribution in [3.05, 3.63) is 71.9 Å². The molecule has 0 bridgehead atoms. The number of hydrogen-bond donors (Lipinski definition) is 3. The fourth-order valence-corrected chi connectivity index (χ4v) is 3.49. The van der Waals surface area contributed by atoms with Crippen LogP contribution < -0.4 is 10.6 Å². The largest absolute Gasteiger partial charge is 0.481 e. The molecule has 0 unspecified atom stereocenters. The number of aromatic nitrogens is 1. The molecule has 1 aromatic heterocycles. The fourth-order valence-electron chi connectivity index (χ4n) is 3.49. The number of urea groups is 1. The van der Waals surface area contributed by atoms with Gasteiger partial charge in [-0.3, -0.25) is 10.1 Å². The lowest BCUT2D eigenvalue weighted by Gasteiger charge is -2.28. The van der Waals surface area contributed by atoms with Crippen LogP contribution >= 0.6 is 0 Å². The Kier molecular flexibility index (Phi) is 9.09. The predicted molar refractivity (Wildman–Crippen MR) is 128 cm³/mol. The number of nitrogens with one attached hydrogen (secondary N) is 2. The van der Waals surface area contributed by atoms with Crippen molar-refractivity contribution >= 4 is 34.7 Å². The SMILES string of the molecule is CN(C(=O)NCc1cccc(F)c1F)[C@@H](CCCC(=O)O)COC(=O)Nc1cc2ccccc2cn1. The van der Waals surface area contributed by atoms with Crippen LogP contribution in [0, 0.1) is 11.6 Å². The Morgan fingerprint density at radius 2 is 1.86 bits per heavy atom. The molecule has 36 heavy (non-hydrogen) atoms. The van der Waals surface area contributed by atoms with E-state index in [-0.39, 0.29) is 43.8 Å². The second-order valence-electron chi connectivity index (χ2n) is 8.06. The zero-order chi connectivity index (χ0) is 26.1. The summed E-state index contributed by atoms with van der Waals surface area (Å²) >= 11 is 0. The molecule has 3 rings (SSSR count). The normalized spacial score (nSPS) is 11.5. The topological polar surface area (TPSA) is 121 Å². The smallest absolute Gasteiger partial charge is 0.412 e. The Labute approximate surface area is 206 Å². The minimum Gasteiger partial charge on any atom is -0.481 e. The van der Waals surface area contributed by atoms with Crippen LogP contribution in [-0.4, -0.2) is 52.8 Å². The van der Waals surface area contributed by atoms with Crippen molar-refractivity contribution in [2.75, 3.05) is 19.0 Å². The summed E-state index contributed by atoms with van der Waals surface area (Å²) in [4.78, 5) is 41.3. The molecule has 0 aliphatic heterocycles. The van der Waals surface area contributed by atoms with Gasteiger partial charge in [-0.05, 0) is 30.4 Å². The lowest BCUT2D eigenvalue weighted by Crippen LogP contribution is -2.46. The second kappa shape index (κ2) is 12.4. The van der Waals surface area contributed by atoms with Gasteiger partial charge in [0, 0.05) is 37.2 Å². The summed E-state index contributed by atoms with van der Waals surface area (Å²) in [6.07, 6.45) is 1.14. The van der Waals surface area contributed by atoms with E-state index < -0.39 is 35.8 Å². The molecule has 3 aromatic rings. The number of fused-ring (bicyclic) bond motifs is 1. The number of ether oxygens (including phenoxy) is 1. The lowest BCUT2D eigenvalue weighted by atomic mass is 10.1. The van der Waals surface area contributed by atoms with E-state index in [0.29, 0.717) is 0 Å². The summed E-state index contributed by atoms with van der Waals surface area (Å²) in [5, 5.41) is 15.7. The quantitative estimate of drug-likeness (QED) is 0.376. The summed E-state index contributed by atoms with van der Waals surface area (Å²) in [7, 11) is 1.44. The highest BCUT2D eigenvalue weighted by molar-refractivity contribution is 5.89. The molecule has 9 nitrogen and oxygen atoms in total. The first-order valence-electron chi connectivity index (χ1n) is 11.2. The highest BCUT2D eigenvalue weighted by Crippen LogP contribution is 2.17. The molecular weight excluding hydrogens is 474 g/mol. The Morgan fingerprint density at radius 1 is 1.11 bits per heavy atom. The number of carbonyl (C=O) groups is 3. The number of benzene rings is 2. The minimum absolute atomic E-state index is 0.0299. The molecule has 3 N–H and O–H groups in total. The van der Waals surface area contributed by atoms with Crippen LogP contribution in [0.3, 0.4) is 0 Å². The Morgan fingerprint density at radius 3 is 2.61 bits per heavy atom. The van der Waals surface area contributed by atoms with E-state index in [1.165, 1.54) is 24.1 Å². The number of halogens is 2. The number of aliphatic carboxylic acids is 1. The molecule has 2 aromatic carbocycles. The minimum atomic E-state index is -1.05. The van der Waals surface area contributed by atoms with Gasteiger partial charge in [0.25, 0.3) is 0 Å². The highest BCUT2D eigenvalue weighted by Gasteiger charge is 2.22. The van der Waals surface area contributed by atoms with E-state index in [1.54, 1.807) is 12.3 Å². The summed E-state index contributed by atoms with van der Waals surface area (Å²) in [6.45, 7) is -0.485. The summed E-state index contributed by atoms with van der Waals surface area (Å²) in [5.74, 6) is -2.80. The first-order chi connectivity index (χ1) is 17.2. The zero-order valence-electron chi connectivity index (χ0n) is 19.5. The summed E-state index contributed by atoms with van der Waals surface area (Å²) < 4.78 is 32.5. The third-order valence-corrected chi connectivity index (χ3v) is 5.53. The maximum Gasteiger partial charge on any atom is 0.412 e. The number of likely N-dealkylation sites (N-methyl/N-ethyl adjacent to an activating group) is 1. The number of amides is 3. The number of nitrogens with zero attached hydrogens (tertiary/aromatic N) is 2. The molecule has 0 aliphatic carbocycles. The molecule has 0 fully saturated rings. The van der Waals surface area contributed by atoms with Gasteiger partial charge < -0.3 is 20.1 Å². The number of carbonyl (C=O) groups excluding carboxylic acids is 2. The van der Waals surface area contributed by atoms with Gasteiger partial charge in [-0.15, -0.1) is 0 Å². The maximum absolute atomic E-state index is 13.9. The van der Waals surface area contributed by atoms with Crippen molar-refractivity contribution in [1.82, 2.24) is 15.2 Å². The van der Waals surface area contributed by atoms with Gasteiger partial charge in [0.15, 0.2) is 11.6 Å². The second-order valence-corrected chi connectivity index (χ2v) is 8.06. The van der Waals surface area contributed by atoms with Crippen molar-refractivity contribution in [1.29, 1.82) is 0 Å². The van der Waals surface area contributed by atoms with Crippen LogP contribution in [0.5, 0.6) is 0 Å². The van der Waals surface area contributed by atoms with Crippen LogP contribution in [0.25, 0.3) is 10.8 Å². The Hall–Kier alpha value is -4.28. The molecule has 3 amide bonds. The number of pyridine rings is 1. The first-order valence-corrected chi connectivity index (χ1v) is 11.2. The monoisotopic (exact) mass is 500 g/mol. The van der Waals surface area contributed by atoms with E-state index in [4.69, 9.17) is 9.84 Å². The van der Waals surface area contributed by atoms with Gasteiger partial charge >= 0.3 is 18.1 Å². The van der Waals surface area contributed by atoms with Gasteiger partial charge in [-0.2, -0.15) is 0 Å². The third-order valence-electron chi connectivity index (χ3n) is 5.53. The number of hydrogen-bond acceptors (Lipinski definition) is 5. The Balaban J connectivity index is 1.59. The lowest BCUT2D eigenvalue weighted by molar-refractivity contribution is -0.137. The molecule has 0 saturated carbocycles. The fraction of sp³-hybridized carbons (Fsp3) is 0.280. The summed E-state index contributed by atoms with van der Waals surface area (Å²) in [6, 6.07) is 11.5. The predicted octanol–water partition coefficient (Wildman–Crippen LogP) is 4.53. The van der Waals surface area contributed by atoms with Crippen LogP contribution in [-0.2, 0) is 16.1 Å². The molecule has 0 spiro atoms. The van der Waals surface area contributed by atoms with Crippen molar-refractivity contribution in [3.63, 3.8) is 0 Å². The molecule has 190 valence electrons.